The minimum absolute atomic E-state index is 0. The van der Waals surface area contributed by atoms with Crippen LogP contribution in [-0.4, -0.2) is 31.2 Å². The Hall–Kier alpha value is -0.580. The number of rotatable bonds is 18. The largest absolute Gasteiger partial charge is 0.396 e. The van der Waals surface area contributed by atoms with Gasteiger partial charge in [-0.2, -0.15) is 0 Å². The first kappa shape index (κ1) is 31.1. The Balaban J connectivity index is -0.000000709. The van der Waals surface area contributed by atoms with Crippen LogP contribution in [0.3, 0.4) is 0 Å². The van der Waals surface area contributed by atoms with Crippen LogP contribution >= 0.6 is 12.4 Å². The SMILES string of the molecule is CCCCCCCC/C=C\CCCCCCCC(N)=O.CNCCCO.Cl. The van der Waals surface area contributed by atoms with Crippen LogP contribution in [0.15, 0.2) is 12.2 Å². The maximum absolute atomic E-state index is 10.5. The molecule has 0 saturated carbocycles. The minimum Gasteiger partial charge on any atom is -0.396 e. The number of nitrogens with one attached hydrogen (secondary N) is 1. The number of primary amides is 1. The fourth-order valence-corrected chi connectivity index (χ4v) is 2.63. The molecular formula is C22H47ClN2O2. The molecule has 0 atom stereocenters. The van der Waals surface area contributed by atoms with Crippen LogP contribution in [0.25, 0.3) is 0 Å². The van der Waals surface area contributed by atoms with E-state index in [1.807, 2.05) is 7.05 Å². The van der Waals surface area contributed by atoms with Gasteiger partial charge in [-0.1, -0.05) is 70.4 Å². The van der Waals surface area contributed by atoms with E-state index in [9.17, 15) is 4.79 Å². The predicted octanol–water partition coefficient (Wildman–Crippen LogP) is 5.52. The minimum atomic E-state index is -0.164. The van der Waals surface area contributed by atoms with E-state index >= 15 is 0 Å². The number of aliphatic hydroxyl groups is 1. The average Bonchev–Trinajstić information content (AvgIpc) is 2.63. The molecule has 0 aromatic heterocycles. The lowest BCUT2D eigenvalue weighted by Crippen LogP contribution is -2.09. The van der Waals surface area contributed by atoms with Crippen LogP contribution in [0.5, 0.6) is 0 Å². The molecule has 4 nitrogen and oxygen atoms in total. The molecule has 0 unspecified atom stereocenters. The molecule has 0 aromatic carbocycles. The van der Waals surface area contributed by atoms with Crippen molar-refractivity contribution in [3.05, 3.63) is 12.2 Å². The molecule has 0 rings (SSSR count). The number of amides is 1. The summed E-state index contributed by atoms with van der Waals surface area (Å²) in [6.45, 7) is 3.47. The van der Waals surface area contributed by atoms with Crippen LogP contribution in [0.2, 0.25) is 0 Å². The van der Waals surface area contributed by atoms with Crippen LogP contribution in [0.4, 0.5) is 0 Å². The topological polar surface area (TPSA) is 75.4 Å². The maximum atomic E-state index is 10.5. The molecule has 0 fully saturated rings. The Bertz CT molecular complexity index is 296. The molecule has 0 bridgehead atoms. The Morgan fingerprint density at radius 2 is 1.33 bits per heavy atom. The van der Waals surface area contributed by atoms with Crippen molar-refractivity contribution in [2.45, 2.75) is 103 Å². The summed E-state index contributed by atoms with van der Waals surface area (Å²) in [6.07, 6.45) is 22.8. The van der Waals surface area contributed by atoms with Gasteiger partial charge in [-0.15, -0.1) is 12.4 Å². The van der Waals surface area contributed by atoms with E-state index in [1.54, 1.807) is 0 Å². The molecule has 0 heterocycles. The Morgan fingerprint density at radius 1 is 0.852 bits per heavy atom. The van der Waals surface area contributed by atoms with Crippen molar-refractivity contribution in [2.24, 2.45) is 5.73 Å². The number of carbonyl (C=O) groups is 1. The monoisotopic (exact) mass is 406 g/mol. The van der Waals surface area contributed by atoms with Crippen LogP contribution in [-0.2, 0) is 4.79 Å². The summed E-state index contributed by atoms with van der Waals surface area (Å²) in [5, 5.41) is 11.1. The number of nitrogens with two attached hydrogens (primary N) is 1. The smallest absolute Gasteiger partial charge is 0.217 e. The zero-order valence-corrected chi connectivity index (χ0v) is 18.8. The molecule has 1 amide bonds. The second kappa shape index (κ2) is 30.2. The summed E-state index contributed by atoms with van der Waals surface area (Å²) in [5.74, 6) is -0.164. The molecule has 27 heavy (non-hydrogen) atoms. The lowest BCUT2D eigenvalue weighted by Gasteiger charge is -1.99. The van der Waals surface area contributed by atoms with E-state index in [0.717, 1.165) is 25.8 Å². The van der Waals surface area contributed by atoms with E-state index in [4.69, 9.17) is 10.8 Å². The first-order chi connectivity index (χ1) is 12.7. The molecular weight excluding hydrogens is 360 g/mol. The van der Waals surface area contributed by atoms with Gasteiger partial charge in [0, 0.05) is 13.0 Å². The van der Waals surface area contributed by atoms with E-state index in [-0.39, 0.29) is 18.3 Å². The predicted molar refractivity (Wildman–Crippen MR) is 122 cm³/mol. The lowest BCUT2D eigenvalue weighted by molar-refractivity contribution is -0.118. The van der Waals surface area contributed by atoms with Crippen molar-refractivity contribution >= 4 is 18.3 Å². The maximum Gasteiger partial charge on any atom is 0.217 e. The zero-order chi connectivity index (χ0) is 19.7. The summed E-state index contributed by atoms with van der Waals surface area (Å²) in [6, 6.07) is 0. The summed E-state index contributed by atoms with van der Waals surface area (Å²) in [7, 11) is 1.87. The Kier molecular flexibility index (Phi) is 34.8. The van der Waals surface area contributed by atoms with Crippen molar-refractivity contribution in [1.29, 1.82) is 0 Å². The van der Waals surface area contributed by atoms with E-state index in [1.165, 1.54) is 70.6 Å². The standard InChI is InChI=1S/C18H35NO.C4H11NO.ClH/c1-2-3-4-5-6-7-8-9-10-11-12-13-14-15-16-17-18(19)20;1-5-3-2-4-6;/h9-10H,2-8,11-17H2,1H3,(H2,19,20);5-6H,2-4H2,1H3;1H/b10-9-;;. The highest BCUT2D eigenvalue weighted by molar-refractivity contribution is 5.85. The molecule has 0 spiro atoms. The van der Waals surface area contributed by atoms with Gasteiger partial charge in [0.05, 0.1) is 0 Å². The second-order valence-corrected chi connectivity index (χ2v) is 6.98. The van der Waals surface area contributed by atoms with Gasteiger partial charge in [0.25, 0.3) is 0 Å². The van der Waals surface area contributed by atoms with Crippen molar-refractivity contribution in [2.75, 3.05) is 20.2 Å². The van der Waals surface area contributed by atoms with Crippen LogP contribution < -0.4 is 11.1 Å². The number of unbranched alkanes of at least 4 members (excludes halogenated alkanes) is 11. The van der Waals surface area contributed by atoms with Crippen molar-refractivity contribution < 1.29 is 9.90 Å². The number of aliphatic hydroxyl groups excluding tert-OH is 1. The molecule has 0 saturated heterocycles. The third-order valence-corrected chi connectivity index (χ3v) is 4.27. The highest BCUT2D eigenvalue weighted by Crippen LogP contribution is 2.09. The zero-order valence-electron chi connectivity index (χ0n) is 18.0. The Morgan fingerprint density at radius 3 is 1.74 bits per heavy atom. The van der Waals surface area contributed by atoms with Gasteiger partial charge in [-0.25, -0.2) is 0 Å². The lowest BCUT2D eigenvalue weighted by atomic mass is 10.1. The number of hydrogen-bond donors (Lipinski definition) is 3. The quantitative estimate of drug-likeness (QED) is 0.207. The average molecular weight is 407 g/mol. The highest BCUT2D eigenvalue weighted by Gasteiger charge is 1.94. The van der Waals surface area contributed by atoms with Gasteiger partial charge in [0.1, 0.15) is 0 Å². The van der Waals surface area contributed by atoms with E-state index in [2.05, 4.69) is 24.4 Å². The second-order valence-electron chi connectivity index (χ2n) is 6.98. The fourth-order valence-electron chi connectivity index (χ4n) is 2.63. The van der Waals surface area contributed by atoms with E-state index < -0.39 is 0 Å². The molecule has 164 valence electrons. The number of allylic oxidation sites excluding steroid dienone is 2. The molecule has 0 radical (unpaired) electrons. The first-order valence-electron chi connectivity index (χ1n) is 10.9. The first-order valence-corrected chi connectivity index (χ1v) is 10.9. The van der Waals surface area contributed by atoms with Gasteiger partial charge < -0.3 is 16.2 Å². The van der Waals surface area contributed by atoms with Gasteiger partial charge in [0.2, 0.25) is 5.91 Å². The normalized spacial score (nSPS) is 10.3. The van der Waals surface area contributed by atoms with Gasteiger partial charge in [0.15, 0.2) is 0 Å². The third-order valence-electron chi connectivity index (χ3n) is 4.27. The summed E-state index contributed by atoms with van der Waals surface area (Å²) in [4.78, 5) is 10.5. The molecule has 0 aliphatic heterocycles. The summed E-state index contributed by atoms with van der Waals surface area (Å²) >= 11 is 0. The van der Waals surface area contributed by atoms with Gasteiger partial charge in [-0.05, 0) is 52.1 Å². The fraction of sp³-hybridized carbons (Fsp3) is 0.864. The van der Waals surface area contributed by atoms with Crippen molar-refractivity contribution in [1.82, 2.24) is 5.32 Å². The van der Waals surface area contributed by atoms with Gasteiger partial charge >= 0.3 is 0 Å². The molecule has 4 N–H and O–H groups in total. The third kappa shape index (κ3) is 37.0. The number of carbonyl (C=O) groups excluding carboxylic acids is 1. The Labute approximate surface area is 175 Å². The molecule has 0 aliphatic rings. The van der Waals surface area contributed by atoms with Crippen molar-refractivity contribution in [3.8, 4) is 0 Å². The molecule has 0 aliphatic carbocycles. The van der Waals surface area contributed by atoms with E-state index in [0.29, 0.717) is 13.0 Å². The van der Waals surface area contributed by atoms with Crippen molar-refractivity contribution in [3.63, 3.8) is 0 Å². The highest BCUT2D eigenvalue weighted by atomic mass is 35.5. The molecule has 0 aromatic rings. The molecule has 5 heteroatoms. The number of halogens is 1. The summed E-state index contributed by atoms with van der Waals surface area (Å²) < 4.78 is 0. The summed E-state index contributed by atoms with van der Waals surface area (Å²) in [5.41, 5.74) is 5.10. The van der Waals surface area contributed by atoms with Crippen LogP contribution in [0, 0.1) is 0 Å². The van der Waals surface area contributed by atoms with Crippen LogP contribution in [0.1, 0.15) is 103 Å². The van der Waals surface area contributed by atoms with Gasteiger partial charge in [-0.3, -0.25) is 4.79 Å². The number of hydrogen-bond acceptors (Lipinski definition) is 3.